The molecule has 1 heterocycles. The number of thiophene rings is 1. The molecule has 0 aliphatic rings. The molecule has 0 fully saturated rings. The molecule has 0 saturated carbocycles. The molecule has 0 spiro atoms. The fraction of sp³-hybridized carbons (Fsp3) is 0.733. The smallest absolute Gasteiger partial charge is 0.00966 e. The first-order valence-electron chi connectivity index (χ1n) is 6.44. The number of hydrogen-bond acceptors (Lipinski definition) is 2. The Morgan fingerprint density at radius 1 is 1.18 bits per heavy atom. The molecule has 0 radical (unpaired) electrons. The average molecular weight is 253 g/mol. The van der Waals surface area contributed by atoms with Gasteiger partial charge >= 0.3 is 0 Å². The molecule has 1 aromatic heterocycles. The molecule has 0 aliphatic heterocycles. The molecule has 1 nitrogen and oxygen atoms in total. The van der Waals surface area contributed by atoms with Gasteiger partial charge in [-0.25, -0.2) is 0 Å². The van der Waals surface area contributed by atoms with Gasteiger partial charge in [0.15, 0.2) is 0 Å². The predicted molar refractivity (Wildman–Crippen MR) is 78.7 cm³/mol. The summed E-state index contributed by atoms with van der Waals surface area (Å²) in [6, 6.07) is 2.25. The zero-order valence-corrected chi connectivity index (χ0v) is 12.9. The highest BCUT2D eigenvalue weighted by molar-refractivity contribution is 7.07. The minimum atomic E-state index is 0.206. The fourth-order valence-corrected chi connectivity index (χ4v) is 2.49. The van der Waals surface area contributed by atoms with E-state index in [1.807, 2.05) is 0 Å². The first-order chi connectivity index (χ1) is 7.68. The van der Waals surface area contributed by atoms with Crippen LogP contribution in [0.25, 0.3) is 0 Å². The van der Waals surface area contributed by atoms with E-state index in [1.165, 1.54) is 12.0 Å². The van der Waals surface area contributed by atoms with Crippen molar-refractivity contribution < 1.29 is 0 Å². The van der Waals surface area contributed by atoms with Crippen molar-refractivity contribution >= 4 is 11.3 Å². The second-order valence-corrected chi connectivity index (χ2v) is 7.81. The summed E-state index contributed by atoms with van der Waals surface area (Å²) in [5, 5.41) is 8.09. The molecule has 1 N–H and O–H groups in total. The summed E-state index contributed by atoms with van der Waals surface area (Å²) in [4.78, 5) is 0. The standard InChI is InChI=1S/C15H27NS/c1-14(2,3)13(10-16-15(4,5)6)9-12-7-8-17-11-12/h7-8,11,13,16H,9-10H2,1-6H3. The van der Waals surface area contributed by atoms with Gasteiger partial charge in [0, 0.05) is 5.54 Å². The van der Waals surface area contributed by atoms with Crippen molar-refractivity contribution in [3.05, 3.63) is 22.4 Å². The Balaban J connectivity index is 2.62. The summed E-state index contributed by atoms with van der Waals surface area (Å²) < 4.78 is 0. The first kappa shape index (κ1) is 14.7. The van der Waals surface area contributed by atoms with Crippen LogP contribution in [0.2, 0.25) is 0 Å². The lowest BCUT2D eigenvalue weighted by Crippen LogP contribution is -2.42. The molecule has 1 atom stereocenters. The molecule has 17 heavy (non-hydrogen) atoms. The molecule has 98 valence electrons. The Labute approximate surface area is 111 Å². The molecule has 0 aliphatic carbocycles. The quantitative estimate of drug-likeness (QED) is 0.841. The molecule has 1 unspecified atom stereocenters. The largest absolute Gasteiger partial charge is 0.312 e. The van der Waals surface area contributed by atoms with E-state index in [4.69, 9.17) is 0 Å². The lowest BCUT2D eigenvalue weighted by molar-refractivity contribution is 0.214. The molecule has 0 bridgehead atoms. The summed E-state index contributed by atoms with van der Waals surface area (Å²) in [5.74, 6) is 0.677. The van der Waals surface area contributed by atoms with E-state index < -0.39 is 0 Å². The van der Waals surface area contributed by atoms with E-state index in [9.17, 15) is 0 Å². The summed E-state index contributed by atoms with van der Waals surface area (Å²) in [6.45, 7) is 14.8. The van der Waals surface area contributed by atoms with Crippen LogP contribution < -0.4 is 5.32 Å². The number of rotatable bonds is 4. The van der Waals surface area contributed by atoms with Gasteiger partial charge in [0.1, 0.15) is 0 Å². The van der Waals surface area contributed by atoms with Crippen LogP contribution in [0, 0.1) is 11.3 Å². The van der Waals surface area contributed by atoms with Crippen LogP contribution >= 0.6 is 11.3 Å². The van der Waals surface area contributed by atoms with Gasteiger partial charge in [-0.15, -0.1) is 0 Å². The maximum Gasteiger partial charge on any atom is 0.00966 e. The van der Waals surface area contributed by atoms with E-state index in [2.05, 4.69) is 63.7 Å². The van der Waals surface area contributed by atoms with Crippen LogP contribution in [-0.2, 0) is 6.42 Å². The summed E-state index contributed by atoms with van der Waals surface area (Å²) in [7, 11) is 0. The SMILES string of the molecule is CC(C)(C)NCC(Cc1ccsc1)C(C)(C)C. The Morgan fingerprint density at radius 2 is 1.82 bits per heavy atom. The normalized spacial score (nSPS) is 14.9. The van der Waals surface area contributed by atoms with Crippen molar-refractivity contribution in [2.75, 3.05) is 6.54 Å². The van der Waals surface area contributed by atoms with Crippen molar-refractivity contribution in [3.8, 4) is 0 Å². The average Bonchev–Trinajstić information content (AvgIpc) is 2.60. The maximum absolute atomic E-state index is 3.64. The highest BCUT2D eigenvalue weighted by Crippen LogP contribution is 2.29. The zero-order chi connectivity index (χ0) is 13.1. The van der Waals surface area contributed by atoms with Gasteiger partial charge in [-0.05, 0) is 67.5 Å². The molecular formula is C15H27NS. The van der Waals surface area contributed by atoms with Crippen LogP contribution in [-0.4, -0.2) is 12.1 Å². The van der Waals surface area contributed by atoms with Gasteiger partial charge in [0.05, 0.1) is 0 Å². The number of nitrogens with one attached hydrogen (secondary N) is 1. The van der Waals surface area contributed by atoms with Gasteiger partial charge in [-0.3, -0.25) is 0 Å². The second kappa shape index (κ2) is 5.53. The van der Waals surface area contributed by atoms with Gasteiger partial charge in [0.2, 0.25) is 0 Å². The van der Waals surface area contributed by atoms with Crippen molar-refractivity contribution in [1.82, 2.24) is 5.32 Å². The lowest BCUT2D eigenvalue weighted by Gasteiger charge is -2.34. The highest BCUT2D eigenvalue weighted by Gasteiger charge is 2.26. The summed E-state index contributed by atoms with van der Waals surface area (Å²) >= 11 is 1.80. The molecule has 2 heteroatoms. The molecule has 0 amide bonds. The molecule has 1 aromatic rings. The predicted octanol–water partition coefficient (Wildman–Crippen LogP) is 4.34. The van der Waals surface area contributed by atoms with Gasteiger partial charge < -0.3 is 5.32 Å². The van der Waals surface area contributed by atoms with E-state index in [1.54, 1.807) is 11.3 Å². The van der Waals surface area contributed by atoms with Crippen LogP contribution in [0.3, 0.4) is 0 Å². The van der Waals surface area contributed by atoms with Crippen LogP contribution in [0.4, 0.5) is 0 Å². The Kier molecular flexibility index (Phi) is 4.79. The van der Waals surface area contributed by atoms with E-state index >= 15 is 0 Å². The van der Waals surface area contributed by atoms with Crippen LogP contribution in [0.15, 0.2) is 16.8 Å². The van der Waals surface area contributed by atoms with Crippen LogP contribution in [0.1, 0.15) is 47.1 Å². The number of hydrogen-bond donors (Lipinski definition) is 1. The molecule has 0 saturated heterocycles. The zero-order valence-electron chi connectivity index (χ0n) is 12.1. The molecule has 1 rings (SSSR count). The van der Waals surface area contributed by atoms with Crippen molar-refractivity contribution in [1.29, 1.82) is 0 Å². The monoisotopic (exact) mass is 253 g/mol. The van der Waals surface area contributed by atoms with Gasteiger partial charge in [-0.2, -0.15) is 11.3 Å². The van der Waals surface area contributed by atoms with Crippen molar-refractivity contribution in [2.45, 2.75) is 53.5 Å². The van der Waals surface area contributed by atoms with E-state index in [-0.39, 0.29) is 5.54 Å². The minimum Gasteiger partial charge on any atom is -0.312 e. The summed E-state index contributed by atoms with van der Waals surface area (Å²) in [6.07, 6.45) is 1.18. The van der Waals surface area contributed by atoms with Gasteiger partial charge in [-0.1, -0.05) is 20.8 Å². The fourth-order valence-electron chi connectivity index (χ4n) is 1.81. The lowest BCUT2D eigenvalue weighted by atomic mass is 9.77. The molecular weight excluding hydrogens is 226 g/mol. The molecule has 0 aromatic carbocycles. The Hall–Kier alpha value is -0.340. The first-order valence-corrected chi connectivity index (χ1v) is 7.39. The van der Waals surface area contributed by atoms with Crippen molar-refractivity contribution in [2.24, 2.45) is 11.3 Å². The Bertz CT molecular complexity index is 314. The third-order valence-corrected chi connectivity index (χ3v) is 3.90. The summed E-state index contributed by atoms with van der Waals surface area (Å²) in [5.41, 5.74) is 2.03. The minimum absolute atomic E-state index is 0.206. The topological polar surface area (TPSA) is 12.0 Å². The maximum atomic E-state index is 3.64. The second-order valence-electron chi connectivity index (χ2n) is 7.03. The van der Waals surface area contributed by atoms with Crippen molar-refractivity contribution in [3.63, 3.8) is 0 Å². The van der Waals surface area contributed by atoms with E-state index in [0.29, 0.717) is 11.3 Å². The third-order valence-electron chi connectivity index (χ3n) is 3.17. The highest BCUT2D eigenvalue weighted by atomic mass is 32.1. The van der Waals surface area contributed by atoms with Crippen LogP contribution in [0.5, 0.6) is 0 Å². The Morgan fingerprint density at radius 3 is 2.24 bits per heavy atom. The third kappa shape index (κ3) is 5.69. The van der Waals surface area contributed by atoms with Gasteiger partial charge in [0.25, 0.3) is 0 Å². The van der Waals surface area contributed by atoms with E-state index in [0.717, 1.165) is 6.54 Å².